The molecule has 0 radical (unpaired) electrons. The number of carbonyl (C=O) groups excluding carboxylic acids is 1. The third-order valence-electron chi connectivity index (χ3n) is 4.94. The molecule has 1 unspecified atom stereocenters. The minimum Gasteiger partial charge on any atom is -0.497 e. The Morgan fingerprint density at radius 1 is 1.23 bits per heavy atom. The van der Waals surface area contributed by atoms with E-state index in [1.54, 1.807) is 18.2 Å². The Bertz CT molecular complexity index is 1000. The van der Waals surface area contributed by atoms with Crippen molar-refractivity contribution >= 4 is 21.6 Å². The van der Waals surface area contributed by atoms with Crippen LogP contribution in [0.2, 0.25) is 0 Å². The normalized spacial score (nSPS) is 17.2. The fourth-order valence-electron chi connectivity index (χ4n) is 3.16. The lowest BCUT2D eigenvalue weighted by Gasteiger charge is -2.18. The zero-order valence-corrected chi connectivity index (χ0v) is 18.7. The number of methoxy groups -OCH3 is 1. The molecule has 31 heavy (non-hydrogen) atoms. The highest BCUT2D eigenvalue weighted by atomic mass is 32.2. The molecule has 1 saturated heterocycles. The number of hydrogen-bond donors (Lipinski definition) is 2. The zero-order chi connectivity index (χ0) is 22.4. The Morgan fingerprint density at radius 3 is 2.61 bits per heavy atom. The van der Waals surface area contributed by atoms with Gasteiger partial charge in [0.05, 0.1) is 29.8 Å². The number of nitrogens with one attached hydrogen (secondary N) is 2. The fourth-order valence-corrected chi connectivity index (χ4v) is 4.36. The van der Waals surface area contributed by atoms with Gasteiger partial charge in [0.1, 0.15) is 18.1 Å². The molecule has 2 aromatic carbocycles. The molecule has 0 spiro atoms. The van der Waals surface area contributed by atoms with Crippen molar-refractivity contribution in [1.82, 2.24) is 4.72 Å². The van der Waals surface area contributed by atoms with E-state index >= 15 is 0 Å². The van der Waals surface area contributed by atoms with Gasteiger partial charge in [0.2, 0.25) is 15.9 Å². The molecule has 2 N–H and O–H groups in total. The molecule has 0 saturated carbocycles. The van der Waals surface area contributed by atoms with Crippen molar-refractivity contribution in [2.45, 2.75) is 43.7 Å². The van der Waals surface area contributed by atoms with Gasteiger partial charge < -0.3 is 19.5 Å². The summed E-state index contributed by atoms with van der Waals surface area (Å²) in [5.41, 5.74) is 1.46. The lowest BCUT2D eigenvalue weighted by molar-refractivity contribution is -0.117. The molecule has 1 aliphatic rings. The first-order chi connectivity index (χ1) is 14.8. The van der Waals surface area contributed by atoms with Gasteiger partial charge in [-0.1, -0.05) is 6.07 Å². The van der Waals surface area contributed by atoms with Gasteiger partial charge in [0.15, 0.2) is 0 Å². The van der Waals surface area contributed by atoms with E-state index in [0.717, 1.165) is 25.0 Å². The van der Waals surface area contributed by atoms with Crippen LogP contribution >= 0.6 is 0 Å². The van der Waals surface area contributed by atoms with E-state index in [0.29, 0.717) is 23.8 Å². The molecule has 1 amide bonds. The highest BCUT2D eigenvalue weighted by Crippen LogP contribution is 2.27. The molecule has 0 aromatic heterocycles. The van der Waals surface area contributed by atoms with Gasteiger partial charge >= 0.3 is 0 Å². The standard InChI is InChI=1S/C22H28N2O6S/c1-15-6-11-20(21(13-15)30-14-18-5-4-12-29-18)23-22(25)16(2)24-31(26,27)19-9-7-17(28-3)8-10-19/h6-11,13,16,18,24H,4-5,12,14H2,1-3H3,(H,23,25)/t16-,18?/m0/s1. The van der Waals surface area contributed by atoms with Gasteiger partial charge in [0, 0.05) is 6.61 Å². The molecular formula is C22H28N2O6S. The summed E-state index contributed by atoms with van der Waals surface area (Å²) in [5, 5.41) is 2.75. The van der Waals surface area contributed by atoms with Crippen molar-refractivity contribution in [1.29, 1.82) is 0 Å². The van der Waals surface area contributed by atoms with E-state index in [1.165, 1.54) is 26.2 Å². The maximum atomic E-state index is 12.7. The Hall–Kier alpha value is -2.62. The van der Waals surface area contributed by atoms with Crippen molar-refractivity contribution in [2.75, 3.05) is 25.6 Å². The van der Waals surface area contributed by atoms with E-state index in [9.17, 15) is 13.2 Å². The average Bonchev–Trinajstić information content (AvgIpc) is 3.27. The van der Waals surface area contributed by atoms with E-state index in [4.69, 9.17) is 14.2 Å². The van der Waals surface area contributed by atoms with E-state index in [2.05, 4.69) is 10.0 Å². The molecular weight excluding hydrogens is 420 g/mol. The van der Waals surface area contributed by atoms with Crippen LogP contribution < -0.4 is 19.5 Å². The van der Waals surface area contributed by atoms with Crippen LogP contribution in [0.5, 0.6) is 11.5 Å². The van der Waals surface area contributed by atoms with Crippen LogP contribution in [0.25, 0.3) is 0 Å². The third kappa shape index (κ3) is 6.19. The number of ether oxygens (including phenoxy) is 3. The number of sulfonamides is 1. The van der Waals surface area contributed by atoms with Gasteiger partial charge in [0.25, 0.3) is 0 Å². The van der Waals surface area contributed by atoms with Crippen LogP contribution in [0, 0.1) is 6.92 Å². The minimum atomic E-state index is -3.87. The fraction of sp³-hybridized carbons (Fsp3) is 0.409. The number of anilines is 1. The minimum absolute atomic E-state index is 0.0410. The number of carbonyl (C=O) groups is 1. The summed E-state index contributed by atoms with van der Waals surface area (Å²) in [4.78, 5) is 12.7. The monoisotopic (exact) mass is 448 g/mol. The second-order valence-corrected chi connectivity index (χ2v) is 9.17. The highest BCUT2D eigenvalue weighted by Gasteiger charge is 2.23. The third-order valence-corrected chi connectivity index (χ3v) is 6.50. The van der Waals surface area contributed by atoms with Crippen molar-refractivity contribution in [2.24, 2.45) is 0 Å². The second-order valence-electron chi connectivity index (χ2n) is 7.45. The van der Waals surface area contributed by atoms with Crippen LogP contribution in [0.4, 0.5) is 5.69 Å². The van der Waals surface area contributed by atoms with E-state index in [1.807, 2.05) is 19.1 Å². The smallest absolute Gasteiger partial charge is 0.242 e. The van der Waals surface area contributed by atoms with Crippen molar-refractivity contribution in [3.8, 4) is 11.5 Å². The van der Waals surface area contributed by atoms with Crippen molar-refractivity contribution < 1.29 is 27.4 Å². The van der Waals surface area contributed by atoms with Crippen molar-refractivity contribution in [3.05, 3.63) is 48.0 Å². The van der Waals surface area contributed by atoms with Crippen LogP contribution in [0.15, 0.2) is 47.4 Å². The number of hydrogen-bond acceptors (Lipinski definition) is 6. The van der Waals surface area contributed by atoms with Gasteiger partial charge in [-0.15, -0.1) is 0 Å². The van der Waals surface area contributed by atoms with Crippen LogP contribution in [0.1, 0.15) is 25.3 Å². The molecule has 2 aromatic rings. The molecule has 1 heterocycles. The molecule has 9 heteroatoms. The van der Waals surface area contributed by atoms with E-state index < -0.39 is 22.0 Å². The van der Waals surface area contributed by atoms with Crippen LogP contribution in [0.3, 0.4) is 0 Å². The number of rotatable bonds is 9. The summed E-state index contributed by atoms with van der Waals surface area (Å²) >= 11 is 0. The zero-order valence-electron chi connectivity index (χ0n) is 17.9. The Balaban J connectivity index is 1.65. The SMILES string of the molecule is COc1ccc(S(=O)(=O)N[C@@H](C)C(=O)Nc2ccc(C)cc2OCC2CCCO2)cc1. The predicted molar refractivity (Wildman–Crippen MR) is 117 cm³/mol. The highest BCUT2D eigenvalue weighted by molar-refractivity contribution is 7.89. The molecule has 1 aliphatic heterocycles. The maximum absolute atomic E-state index is 12.7. The molecule has 168 valence electrons. The topological polar surface area (TPSA) is 103 Å². The molecule has 8 nitrogen and oxygen atoms in total. The molecule has 3 rings (SSSR count). The summed E-state index contributed by atoms with van der Waals surface area (Å²) < 4.78 is 44.1. The molecule has 2 atom stereocenters. The van der Waals surface area contributed by atoms with Gasteiger partial charge in [-0.2, -0.15) is 4.72 Å². The lowest BCUT2D eigenvalue weighted by atomic mass is 10.2. The number of aryl methyl sites for hydroxylation is 1. The Morgan fingerprint density at radius 2 is 1.97 bits per heavy atom. The van der Waals surface area contributed by atoms with Crippen LogP contribution in [-0.2, 0) is 19.6 Å². The summed E-state index contributed by atoms with van der Waals surface area (Å²) in [7, 11) is -2.38. The molecule has 1 fully saturated rings. The Labute approximate surface area is 182 Å². The lowest BCUT2D eigenvalue weighted by Crippen LogP contribution is -2.41. The van der Waals surface area contributed by atoms with Crippen molar-refractivity contribution in [3.63, 3.8) is 0 Å². The van der Waals surface area contributed by atoms with Crippen LogP contribution in [-0.4, -0.2) is 46.8 Å². The van der Waals surface area contributed by atoms with E-state index in [-0.39, 0.29) is 11.0 Å². The quantitative estimate of drug-likeness (QED) is 0.612. The van der Waals surface area contributed by atoms with Gasteiger partial charge in [-0.25, -0.2) is 8.42 Å². The summed E-state index contributed by atoms with van der Waals surface area (Å²) in [6, 6.07) is 10.3. The van der Waals surface area contributed by atoms with Gasteiger partial charge in [-0.05, 0) is 68.7 Å². The molecule has 0 aliphatic carbocycles. The summed E-state index contributed by atoms with van der Waals surface area (Å²) in [6.45, 7) is 4.54. The molecule has 0 bridgehead atoms. The largest absolute Gasteiger partial charge is 0.497 e. The van der Waals surface area contributed by atoms with Gasteiger partial charge in [-0.3, -0.25) is 4.79 Å². The number of benzene rings is 2. The maximum Gasteiger partial charge on any atom is 0.242 e. The summed E-state index contributed by atoms with van der Waals surface area (Å²) in [6.07, 6.45) is 1.99. The first kappa shape index (κ1) is 23.1. The number of amides is 1. The summed E-state index contributed by atoms with van der Waals surface area (Å²) in [5.74, 6) is 0.566. The first-order valence-corrected chi connectivity index (χ1v) is 11.6. The first-order valence-electron chi connectivity index (χ1n) is 10.1. The second kappa shape index (κ2) is 10.1. The predicted octanol–water partition coefficient (Wildman–Crippen LogP) is 2.87. The average molecular weight is 449 g/mol. The Kier molecular flexibility index (Phi) is 7.53.